The van der Waals surface area contributed by atoms with Gasteiger partial charge in [-0.2, -0.15) is 0 Å². The van der Waals surface area contributed by atoms with Gasteiger partial charge in [0, 0.05) is 17.3 Å². The fourth-order valence-corrected chi connectivity index (χ4v) is 2.47. The van der Waals surface area contributed by atoms with Crippen LogP contribution in [-0.4, -0.2) is 20.2 Å². The average Bonchev–Trinajstić information content (AvgIpc) is 2.66. The van der Waals surface area contributed by atoms with E-state index in [2.05, 4.69) is 36.3 Å². The molecule has 3 N–H and O–H groups in total. The standard InChI is InChI=1S/C20H27N3O2/c1-5-14(2)15-6-9-17(10-7-15)23-20(21)22-13-16-8-11-18(24-3)12-19(16)25-4/h6-12,14H,5,13H2,1-4H3,(H3,21,22,23). The lowest BCUT2D eigenvalue weighted by Crippen LogP contribution is -2.22. The Morgan fingerprint density at radius 3 is 2.44 bits per heavy atom. The van der Waals surface area contributed by atoms with Crippen LogP contribution in [-0.2, 0) is 6.54 Å². The third-order valence-corrected chi connectivity index (χ3v) is 4.28. The Bertz CT molecular complexity index is 711. The fraction of sp³-hybridized carbons (Fsp3) is 0.350. The molecule has 5 nitrogen and oxygen atoms in total. The minimum Gasteiger partial charge on any atom is -0.497 e. The van der Waals surface area contributed by atoms with Gasteiger partial charge >= 0.3 is 0 Å². The average molecular weight is 341 g/mol. The topological polar surface area (TPSA) is 68.9 Å². The maximum Gasteiger partial charge on any atom is 0.193 e. The molecule has 134 valence electrons. The Morgan fingerprint density at radius 2 is 1.84 bits per heavy atom. The number of ether oxygens (including phenoxy) is 2. The first-order valence-corrected chi connectivity index (χ1v) is 8.45. The Kier molecular flexibility index (Phi) is 6.69. The summed E-state index contributed by atoms with van der Waals surface area (Å²) in [6.45, 7) is 4.84. The van der Waals surface area contributed by atoms with E-state index in [9.17, 15) is 0 Å². The molecular formula is C20H27N3O2. The minimum atomic E-state index is 0.370. The Labute approximate surface area is 149 Å². The lowest BCUT2D eigenvalue weighted by molar-refractivity contribution is 0.391. The van der Waals surface area contributed by atoms with E-state index >= 15 is 0 Å². The molecule has 0 amide bonds. The van der Waals surface area contributed by atoms with E-state index in [-0.39, 0.29) is 0 Å². The number of hydrogen-bond donors (Lipinski definition) is 2. The van der Waals surface area contributed by atoms with E-state index in [1.165, 1.54) is 5.56 Å². The molecule has 0 radical (unpaired) electrons. The number of hydrogen-bond acceptors (Lipinski definition) is 3. The van der Waals surface area contributed by atoms with E-state index in [0.29, 0.717) is 18.4 Å². The number of aliphatic imine (C=N–C) groups is 1. The zero-order chi connectivity index (χ0) is 18.2. The van der Waals surface area contributed by atoms with Crippen LogP contribution in [0.15, 0.2) is 47.5 Å². The first kappa shape index (κ1) is 18.6. The van der Waals surface area contributed by atoms with E-state index < -0.39 is 0 Å². The number of methoxy groups -OCH3 is 2. The third-order valence-electron chi connectivity index (χ3n) is 4.28. The van der Waals surface area contributed by atoms with Crippen LogP contribution in [0.2, 0.25) is 0 Å². The van der Waals surface area contributed by atoms with Crippen LogP contribution in [0.4, 0.5) is 5.69 Å². The highest BCUT2D eigenvalue weighted by Gasteiger charge is 2.05. The van der Waals surface area contributed by atoms with Crippen molar-refractivity contribution in [3.05, 3.63) is 53.6 Å². The van der Waals surface area contributed by atoms with Crippen LogP contribution in [0.5, 0.6) is 11.5 Å². The van der Waals surface area contributed by atoms with Crippen molar-refractivity contribution in [1.82, 2.24) is 0 Å². The zero-order valence-electron chi connectivity index (χ0n) is 15.4. The van der Waals surface area contributed by atoms with Crippen molar-refractivity contribution in [3.63, 3.8) is 0 Å². The summed E-state index contributed by atoms with van der Waals surface area (Å²) in [7, 11) is 3.25. The van der Waals surface area contributed by atoms with Crippen molar-refractivity contribution in [2.45, 2.75) is 32.7 Å². The summed E-state index contributed by atoms with van der Waals surface area (Å²) in [4.78, 5) is 4.39. The summed E-state index contributed by atoms with van der Waals surface area (Å²) in [6.07, 6.45) is 1.13. The lowest BCUT2D eigenvalue weighted by Gasteiger charge is -2.11. The summed E-state index contributed by atoms with van der Waals surface area (Å²) in [5.41, 5.74) is 9.19. The van der Waals surface area contributed by atoms with Gasteiger partial charge in [0.2, 0.25) is 0 Å². The zero-order valence-corrected chi connectivity index (χ0v) is 15.4. The summed E-state index contributed by atoms with van der Waals surface area (Å²) >= 11 is 0. The van der Waals surface area contributed by atoms with Gasteiger partial charge in [-0.05, 0) is 42.2 Å². The molecule has 0 saturated heterocycles. The summed E-state index contributed by atoms with van der Waals surface area (Å²) < 4.78 is 10.6. The van der Waals surface area contributed by atoms with Crippen LogP contribution < -0.4 is 20.5 Å². The molecule has 2 rings (SSSR count). The number of nitrogens with one attached hydrogen (secondary N) is 1. The first-order valence-electron chi connectivity index (χ1n) is 8.45. The van der Waals surface area contributed by atoms with Gasteiger partial charge in [-0.25, -0.2) is 4.99 Å². The summed E-state index contributed by atoms with van der Waals surface area (Å²) in [5, 5.41) is 3.12. The quantitative estimate of drug-likeness (QED) is 0.586. The fourth-order valence-electron chi connectivity index (χ4n) is 2.47. The number of benzene rings is 2. The second kappa shape index (κ2) is 8.97. The van der Waals surface area contributed by atoms with E-state index in [1.807, 2.05) is 30.3 Å². The summed E-state index contributed by atoms with van der Waals surface area (Å²) in [5.74, 6) is 2.41. The number of rotatable bonds is 7. The normalized spacial score (nSPS) is 12.6. The predicted octanol–water partition coefficient (Wildman–Crippen LogP) is 4.14. The van der Waals surface area contributed by atoms with Gasteiger partial charge in [0.15, 0.2) is 5.96 Å². The number of guanidine groups is 1. The number of nitrogens with zero attached hydrogens (tertiary/aromatic N) is 1. The molecule has 0 spiro atoms. The molecule has 1 atom stereocenters. The summed E-state index contributed by atoms with van der Waals surface area (Å²) in [6, 6.07) is 13.9. The SMILES string of the molecule is CCC(C)c1ccc(NC(N)=NCc2ccc(OC)cc2OC)cc1. The molecule has 2 aromatic carbocycles. The number of anilines is 1. The lowest BCUT2D eigenvalue weighted by atomic mass is 9.99. The van der Waals surface area contributed by atoms with Gasteiger partial charge in [-0.1, -0.05) is 26.0 Å². The van der Waals surface area contributed by atoms with E-state index in [1.54, 1.807) is 14.2 Å². The maximum absolute atomic E-state index is 6.00. The van der Waals surface area contributed by atoms with Crippen LogP contribution in [0.25, 0.3) is 0 Å². The second-order valence-electron chi connectivity index (χ2n) is 5.94. The highest BCUT2D eigenvalue weighted by atomic mass is 16.5. The Hall–Kier alpha value is -2.69. The van der Waals surface area contributed by atoms with E-state index in [0.717, 1.165) is 29.2 Å². The third kappa shape index (κ3) is 5.14. The van der Waals surface area contributed by atoms with Crippen molar-refractivity contribution in [1.29, 1.82) is 0 Å². The molecule has 0 bridgehead atoms. The van der Waals surface area contributed by atoms with Crippen LogP contribution >= 0.6 is 0 Å². The van der Waals surface area contributed by atoms with Crippen LogP contribution in [0.1, 0.15) is 37.3 Å². The molecule has 0 aliphatic heterocycles. The van der Waals surface area contributed by atoms with Crippen molar-refractivity contribution in [2.24, 2.45) is 10.7 Å². The molecule has 5 heteroatoms. The van der Waals surface area contributed by atoms with Gasteiger partial charge in [0.25, 0.3) is 0 Å². The van der Waals surface area contributed by atoms with Gasteiger partial charge in [-0.3, -0.25) is 0 Å². The van der Waals surface area contributed by atoms with Crippen LogP contribution in [0.3, 0.4) is 0 Å². The predicted molar refractivity (Wildman–Crippen MR) is 104 cm³/mol. The first-order chi connectivity index (χ1) is 12.1. The minimum absolute atomic E-state index is 0.370. The maximum atomic E-state index is 6.00. The second-order valence-corrected chi connectivity index (χ2v) is 5.94. The highest BCUT2D eigenvalue weighted by molar-refractivity contribution is 5.92. The van der Waals surface area contributed by atoms with Crippen LogP contribution in [0, 0.1) is 0 Å². The van der Waals surface area contributed by atoms with Gasteiger partial charge in [0.05, 0.1) is 20.8 Å². The van der Waals surface area contributed by atoms with Gasteiger partial charge in [0.1, 0.15) is 11.5 Å². The molecule has 0 fully saturated rings. The molecular weight excluding hydrogens is 314 g/mol. The van der Waals surface area contributed by atoms with Crippen molar-refractivity contribution in [2.75, 3.05) is 19.5 Å². The highest BCUT2D eigenvalue weighted by Crippen LogP contribution is 2.25. The van der Waals surface area contributed by atoms with Gasteiger partial charge in [-0.15, -0.1) is 0 Å². The molecule has 0 aliphatic carbocycles. The van der Waals surface area contributed by atoms with Gasteiger partial charge < -0.3 is 20.5 Å². The monoisotopic (exact) mass is 341 g/mol. The number of nitrogens with two attached hydrogens (primary N) is 1. The Morgan fingerprint density at radius 1 is 1.12 bits per heavy atom. The molecule has 0 aliphatic rings. The Balaban J connectivity index is 2.02. The molecule has 0 aromatic heterocycles. The molecule has 25 heavy (non-hydrogen) atoms. The van der Waals surface area contributed by atoms with Crippen molar-refractivity contribution < 1.29 is 9.47 Å². The smallest absolute Gasteiger partial charge is 0.193 e. The largest absolute Gasteiger partial charge is 0.497 e. The van der Waals surface area contributed by atoms with Crippen molar-refractivity contribution >= 4 is 11.6 Å². The molecule has 0 heterocycles. The van der Waals surface area contributed by atoms with Crippen molar-refractivity contribution in [3.8, 4) is 11.5 Å². The molecule has 2 aromatic rings. The van der Waals surface area contributed by atoms with E-state index in [4.69, 9.17) is 15.2 Å². The molecule has 0 saturated carbocycles. The molecule has 1 unspecified atom stereocenters.